The third kappa shape index (κ3) is 11.5. The van der Waals surface area contributed by atoms with Crippen molar-refractivity contribution < 1.29 is 37.8 Å². The first-order chi connectivity index (χ1) is 17.6. The minimum Gasteiger partial charge on any atom is -0.472 e. The molecule has 0 fully saturated rings. The smallest absolute Gasteiger partial charge is 0.408 e. The first-order valence-corrected chi connectivity index (χ1v) is 11.9. The summed E-state index contributed by atoms with van der Waals surface area (Å²) in [6.07, 6.45) is 2.74. The van der Waals surface area contributed by atoms with Gasteiger partial charge in [-0.1, -0.05) is 18.2 Å². The fraction of sp³-hybridized carbons (Fsp3) is 0.462. The monoisotopic (exact) mass is 517 g/mol. The van der Waals surface area contributed by atoms with Gasteiger partial charge < -0.3 is 34.6 Å². The molecule has 0 aliphatic heterocycles. The maximum Gasteiger partial charge on any atom is 0.408 e. The molecule has 0 unspecified atom stereocenters. The zero-order chi connectivity index (χ0) is 27.3. The lowest BCUT2D eigenvalue weighted by atomic mass is 10.1. The maximum atomic E-state index is 13.1. The molecule has 11 heteroatoms. The van der Waals surface area contributed by atoms with Gasteiger partial charge in [0, 0.05) is 24.2 Å². The number of anilines is 1. The Morgan fingerprint density at radius 3 is 2.49 bits per heavy atom. The lowest BCUT2D eigenvalue weighted by Crippen LogP contribution is -2.46. The summed E-state index contributed by atoms with van der Waals surface area (Å²) in [5.41, 5.74) is 1.25. The van der Waals surface area contributed by atoms with Crippen LogP contribution in [0.5, 0.6) is 0 Å². The van der Waals surface area contributed by atoms with Crippen molar-refractivity contribution in [3.05, 3.63) is 54.0 Å². The lowest BCUT2D eigenvalue weighted by molar-refractivity contribution is -0.140. The van der Waals surface area contributed by atoms with Crippen LogP contribution in [-0.2, 0) is 36.8 Å². The zero-order valence-corrected chi connectivity index (χ0v) is 21.6. The number of benzene rings is 1. The topological polar surface area (TPSA) is 145 Å². The van der Waals surface area contributed by atoms with Crippen LogP contribution in [0.1, 0.15) is 51.2 Å². The Morgan fingerprint density at radius 2 is 1.81 bits per heavy atom. The van der Waals surface area contributed by atoms with Crippen LogP contribution in [-0.4, -0.2) is 49.4 Å². The summed E-state index contributed by atoms with van der Waals surface area (Å²) in [6.45, 7) is 5.46. The first-order valence-electron chi connectivity index (χ1n) is 11.9. The summed E-state index contributed by atoms with van der Waals surface area (Å²) in [5.74, 6) is -0.819. The molecule has 3 N–H and O–H groups in total. The number of esters is 1. The highest BCUT2D eigenvalue weighted by atomic mass is 16.6. The number of methoxy groups -OCH3 is 1. The molecule has 0 radical (unpaired) electrons. The molecule has 3 amide bonds. The molecule has 1 aromatic heterocycles. The van der Waals surface area contributed by atoms with Crippen molar-refractivity contribution in [3.8, 4) is 0 Å². The number of nitrogens with one attached hydrogen (secondary N) is 3. The Hall–Kier alpha value is -4.02. The van der Waals surface area contributed by atoms with Gasteiger partial charge in [0.15, 0.2) is 0 Å². The molecular weight excluding hydrogens is 482 g/mol. The summed E-state index contributed by atoms with van der Waals surface area (Å²) < 4.78 is 20.0. The number of alkyl carbamates (subject to hydrolysis) is 2. The van der Waals surface area contributed by atoms with Crippen molar-refractivity contribution in [2.24, 2.45) is 0 Å². The quantitative estimate of drug-likeness (QED) is 0.218. The molecule has 202 valence electrons. The number of carbonyl (C=O) groups excluding carboxylic acids is 4. The molecule has 1 aromatic carbocycles. The van der Waals surface area contributed by atoms with Gasteiger partial charge >= 0.3 is 18.2 Å². The van der Waals surface area contributed by atoms with Gasteiger partial charge in [0.25, 0.3) is 0 Å². The summed E-state index contributed by atoms with van der Waals surface area (Å²) in [6, 6.07) is 7.82. The molecule has 0 aliphatic rings. The van der Waals surface area contributed by atoms with Gasteiger partial charge in [-0.05, 0) is 57.7 Å². The van der Waals surface area contributed by atoms with Gasteiger partial charge in [-0.15, -0.1) is 0 Å². The average molecular weight is 518 g/mol. The predicted molar refractivity (Wildman–Crippen MR) is 135 cm³/mol. The second-order valence-corrected chi connectivity index (χ2v) is 9.20. The molecule has 2 aromatic rings. The van der Waals surface area contributed by atoms with Crippen molar-refractivity contribution in [2.75, 3.05) is 19.0 Å². The highest BCUT2D eigenvalue weighted by Crippen LogP contribution is 2.18. The summed E-state index contributed by atoms with van der Waals surface area (Å²) in [4.78, 5) is 48.9. The van der Waals surface area contributed by atoms with Crippen molar-refractivity contribution in [2.45, 2.75) is 64.7 Å². The molecule has 0 spiro atoms. The Kier molecular flexibility index (Phi) is 11.5. The molecule has 0 bridgehead atoms. The Morgan fingerprint density at radius 1 is 1.05 bits per heavy atom. The minimum absolute atomic E-state index is 0.0724. The number of aryl methyl sites for hydroxylation is 1. The summed E-state index contributed by atoms with van der Waals surface area (Å²) in [5, 5.41) is 8.04. The maximum absolute atomic E-state index is 13.1. The number of hydrogen-bond donors (Lipinski definition) is 3. The molecule has 37 heavy (non-hydrogen) atoms. The van der Waals surface area contributed by atoms with E-state index in [2.05, 4.69) is 20.7 Å². The van der Waals surface area contributed by atoms with E-state index < -0.39 is 29.7 Å². The van der Waals surface area contributed by atoms with Crippen LogP contribution < -0.4 is 16.0 Å². The van der Waals surface area contributed by atoms with Crippen LogP contribution in [0.15, 0.2) is 47.3 Å². The van der Waals surface area contributed by atoms with E-state index in [0.717, 1.165) is 11.1 Å². The molecule has 0 aliphatic carbocycles. The number of furan rings is 1. The average Bonchev–Trinajstić information content (AvgIpc) is 3.36. The number of amides is 3. The number of hydrogen-bond acceptors (Lipinski definition) is 8. The third-order valence-corrected chi connectivity index (χ3v) is 5.00. The standard InChI is InChI=1S/C26H35N3O8/c1-26(2,3)37-25(33)29-21(10-7-14-27-24(32)36-17-18-13-15-35-16-18)23(31)28-20-9-6-5-8-19(20)11-12-22(30)34-4/h5-6,8-9,13,15-16,21H,7,10-12,14,17H2,1-4H3,(H,27,32)(H,28,31)(H,29,33)/t21-/m0/s1. The molecule has 1 atom stereocenters. The third-order valence-electron chi connectivity index (χ3n) is 5.00. The van der Waals surface area contributed by atoms with E-state index in [0.29, 0.717) is 18.5 Å². The van der Waals surface area contributed by atoms with Crippen LogP contribution in [0.2, 0.25) is 0 Å². The van der Waals surface area contributed by atoms with E-state index in [1.165, 1.54) is 19.6 Å². The molecule has 0 saturated heterocycles. The van der Waals surface area contributed by atoms with Gasteiger partial charge in [-0.25, -0.2) is 9.59 Å². The van der Waals surface area contributed by atoms with Crippen LogP contribution >= 0.6 is 0 Å². The van der Waals surface area contributed by atoms with Crippen molar-refractivity contribution >= 4 is 29.8 Å². The van der Waals surface area contributed by atoms with Crippen molar-refractivity contribution in [3.63, 3.8) is 0 Å². The lowest BCUT2D eigenvalue weighted by Gasteiger charge is -2.23. The highest BCUT2D eigenvalue weighted by Gasteiger charge is 2.25. The van der Waals surface area contributed by atoms with Crippen LogP contribution in [0.25, 0.3) is 0 Å². The number of carbonyl (C=O) groups is 4. The van der Waals surface area contributed by atoms with Gasteiger partial charge in [-0.2, -0.15) is 0 Å². The molecule has 11 nitrogen and oxygen atoms in total. The molecule has 0 saturated carbocycles. The van der Waals surface area contributed by atoms with Crippen LogP contribution in [0, 0.1) is 0 Å². The van der Waals surface area contributed by atoms with Crippen LogP contribution in [0.3, 0.4) is 0 Å². The van der Waals surface area contributed by atoms with Crippen molar-refractivity contribution in [1.82, 2.24) is 10.6 Å². The Bertz CT molecular complexity index is 1030. The molecular formula is C26H35N3O8. The normalized spacial score (nSPS) is 11.7. The van der Waals surface area contributed by atoms with E-state index in [4.69, 9.17) is 13.9 Å². The zero-order valence-electron chi connectivity index (χ0n) is 21.6. The number of para-hydroxylation sites is 1. The molecule has 1 heterocycles. The first kappa shape index (κ1) is 29.2. The number of ether oxygens (including phenoxy) is 3. The van der Waals surface area contributed by atoms with Gasteiger partial charge in [0.2, 0.25) is 5.91 Å². The van der Waals surface area contributed by atoms with Crippen LogP contribution in [0.4, 0.5) is 15.3 Å². The largest absolute Gasteiger partial charge is 0.472 e. The summed E-state index contributed by atoms with van der Waals surface area (Å²) in [7, 11) is 1.32. The second kappa shape index (κ2) is 14.5. The second-order valence-electron chi connectivity index (χ2n) is 9.20. The number of rotatable bonds is 12. The minimum atomic E-state index is -0.938. The Balaban J connectivity index is 1.96. The van der Waals surface area contributed by atoms with Gasteiger partial charge in [0.05, 0.1) is 19.6 Å². The van der Waals surface area contributed by atoms with Gasteiger partial charge in [0.1, 0.15) is 18.2 Å². The highest BCUT2D eigenvalue weighted by molar-refractivity contribution is 5.97. The van der Waals surface area contributed by atoms with E-state index >= 15 is 0 Å². The predicted octanol–water partition coefficient (Wildman–Crippen LogP) is 3.92. The summed E-state index contributed by atoms with van der Waals surface area (Å²) >= 11 is 0. The SMILES string of the molecule is COC(=O)CCc1ccccc1NC(=O)[C@H](CCCNC(=O)OCc1ccoc1)NC(=O)OC(C)(C)C. The van der Waals surface area contributed by atoms with Gasteiger partial charge in [-0.3, -0.25) is 9.59 Å². The fourth-order valence-corrected chi connectivity index (χ4v) is 3.21. The fourth-order valence-electron chi connectivity index (χ4n) is 3.21. The van der Waals surface area contributed by atoms with E-state index in [9.17, 15) is 19.2 Å². The van der Waals surface area contributed by atoms with E-state index in [1.807, 2.05) is 0 Å². The molecule has 2 rings (SSSR count). The van der Waals surface area contributed by atoms with E-state index in [1.54, 1.807) is 51.1 Å². The Labute approximate surface area is 216 Å². The van der Waals surface area contributed by atoms with E-state index in [-0.39, 0.29) is 32.0 Å². The van der Waals surface area contributed by atoms with Crippen molar-refractivity contribution in [1.29, 1.82) is 0 Å².